The molecule has 0 atom stereocenters. The summed E-state index contributed by atoms with van der Waals surface area (Å²) >= 11 is 0. The van der Waals surface area contributed by atoms with Crippen LogP contribution in [-0.4, -0.2) is 11.7 Å². The molecule has 0 saturated carbocycles. The van der Waals surface area contributed by atoms with E-state index in [0.717, 1.165) is 12.8 Å². The van der Waals surface area contributed by atoms with Crippen LogP contribution in [0.15, 0.2) is 18.2 Å². The molecule has 0 aliphatic rings. The van der Waals surface area contributed by atoms with Gasteiger partial charge in [-0.15, -0.1) is 0 Å². The van der Waals surface area contributed by atoms with Gasteiger partial charge in [-0.25, -0.2) is 4.79 Å². The zero-order chi connectivity index (χ0) is 12.9. The minimum atomic E-state index is -0.275. The van der Waals surface area contributed by atoms with Gasteiger partial charge in [0.1, 0.15) is 5.94 Å². The number of ketones is 1. The molecule has 0 bridgehead atoms. The minimum Gasteiger partial charge on any atom is -0.289 e. The first-order valence-electron chi connectivity index (χ1n) is 6.67. The number of allylic oxidation sites excluding steroid dienone is 2. The summed E-state index contributed by atoms with van der Waals surface area (Å²) in [6.07, 6.45) is 11.4. The lowest BCUT2D eigenvalue weighted by Crippen LogP contribution is -1.99. The number of hydrogen-bond acceptors (Lipinski definition) is 2. The fourth-order valence-electron chi connectivity index (χ4n) is 1.78. The summed E-state index contributed by atoms with van der Waals surface area (Å²) in [5, 5.41) is 0. The van der Waals surface area contributed by atoms with E-state index >= 15 is 0 Å². The van der Waals surface area contributed by atoms with Crippen LogP contribution in [0.4, 0.5) is 0 Å². The highest BCUT2D eigenvalue weighted by molar-refractivity contribution is 6.08. The second-order valence-electron chi connectivity index (χ2n) is 4.37. The molecule has 17 heavy (non-hydrogen) atoms. The van der Waals surface area contributed by atoms with Crippen LogP contribution in [-0.2, 0) is 9.59 Å². The van der Waals surface area contributed by atoms with Gasteiger partial charge in [0.25, 0.3) is 0 Å². The van der Waals surface area contributed by atoms with Gasteiger partial charge in [0.15, 0.2) is 5.78 Å². The van der Waals surface area contributed by atoms with Crippen LogP contribution < -0.4 is 0 Å². The van der Waals surface area contributed by atoms with Crippen LogP contribution in [0.3, 0.4) is 0 Å². The number of hydrogen-bond donors (Lipinski definition) is 0. The fraction of sp³-hybridized carbons (Fsp3) is 0.667. The summed E-state index contributed by atoms with van der Waals surface area (Å²) in [6, 6.07) is 0. The quantitative estimate of drug-likeness (QED) is 0.308. The summed E-state index contributed by atoms with van der Waals surface area (Å²) in [4.78, 5) is 21.7. The highest BCUT2D eigenvalue weighted by Gasteiger charge is 2.05. The van der Waals surface area contributed by atoms with E-state index in [-0.39, 0.29) is 11.4 Å². The Labute approximate surface area is 105 Å². The van der Waals surface area contributed by atoms with E-state index in [1.54, 1.807) is 5.94 Å². The zero-order valence-electron chi connectivity index (χ0n) is 11.0. The van der Waals surface area contributed by atoms with Crippen molar-refractivity contribution in [2.24, 2.45) is 0 Å². The van der Waals surface area contributed by atoms with Gasteiger partial charge in [0.2, 0.25) is 0 Å². The van der Waals surface area contributed by atoms with E-state index in [2.05, 4.69) is 13.5 Å². The van der Waals surface area contributed by atoms with E-state index < -0.39 is 0 Å². The molecular weight excluding hydrogens is 212 g/mol. The molecule has 2 nitrogen and oxygen atoms in total. The highest BCUT2D eigenvalue weighted by Crippen LogP contribution is 2.12. The highest BCUT2D eigenvalue weighted by atomic mass is 16.1. The molecule has 0 fully saturated rings. The molecule has 0 aromatic carbocycles. The summed E-state index contributed by atoms with van der Waals surface area (Å²) in [5.74, 6) is 1.44. The maximum atomic E-state index is 11.2. The molecule has 0 radical (unpaired) electrons. The Hall–Kier alpha value is -1.14. The Kier molecular flexibility index (Phi) is 10.6. The standard InChI is InChI=1S/C15H24O2/c1-3-5-6-7-8-9-10-11-12-14(13-16)15(17)4-2/h4H,2-3,5-12H2,1H3. The van der Waals surface area contributed by atoms with E-state index in [4.69, 9.17) is 0 Å². The molecule has 0 aromatic heterocycles. The molecule has 0 saturated heterocycles. The maximum Gasteiger partial charge on any atom is 0.192 e. The lowest BCUT2D eigenvalue weighted by Gasteiger charge is -2.01. The van der Waals surface area contributed by atoms with Gasteiger partial charge in [0, 0.05) is 0 Å². The smallest absolute Gasteiger partial charge is 0.192 e. The average molecular weight is 236 g/mol. The van der Waals surface area contributed by atoms with Crippen molar-refractivity contribution in [1.82, 2.24) is 0 Å². The Bertz CT molecular complexity index is 273. The van der Waals surface area contributed by atoms with Gasteiger partial charge in [-0.3, -0.25) is 4.79 Å². The van der Waals surface area contributed by atoms with Crippen molar-refractivity contribution in [3.8, 4) is 0 Å². The third-order valence-electron chi connectivity index (χ3n) is 2.89. The van der Waals surface area contributed by atoms with Gasteiger partial charge in [0.05, 0.1) is 5.57 Å². The second kappa shape index (κ2) is 11.3. The maximum absolute atomic E-state index is 11.2. The van der Waals surface area contributed by atoms with Gasteiger partial charge < -0.3 is 0 Å². The molecule has 0 unspecified atom stereocenters. The molecule has 0 aromatic rings. The molecular formula is C15H24O2. The fourth-order valence-corrected chi connectivity index (χ4v) is 1.78. The first-order valence-corrected chi connectivity index (χ1v) is 6.67. The molecule has 0 aliphatic carbocycles. The minimum absolute atomic E-state index is 0.242. The largest absolute Gasteiger partial charge is 0.289 e. The molecule has 0 spiro atoms. The van der Waals surface area contributed by atoms with Crippen molar-refractivity contribution in [3.63, 3.8) is 0 Å². The molecule has 0 aliphatic heterocycles. The van der Waals surface area contributed by atoms with E-state index in [1.165, 1.54) is 44.6 Å². The van der Waals surface area contributed by atoms with Crippen LogP contribution >= 0.6 is 0 Å². The van der Waals surface area contributed by atoms with Crippen molar-refractivity contribution in [2.45, 2.75) is 64.7 Å². The molecule has 96 valence electrons. The number of carbonyl (C=O) groups excluding carboxylic acids is 2. The van der Waals surface area contributed by atoms with Crippen LogP contribution in [0, 0.1) is 0 Å². The Morgan fingerprint density at radius 3 is 2.06 bits per heavy atom. The van der Waals surface area contributed by atoms with Crippen LogP contribution in [0.25, 0.3) is 0 Å². The summed E-state index contributed by atoms with van der Waals surface area (Å²) in [5.41, 5.74) is 0.242. The molecule has 0 N–H and O–H groups in total. The normalized spacial score (nSPS) is 9.71. The predicted molar refractivity (Wildman–Crippen MR) is 71.6 cm³/mol. The SMILES string of the molecule is C=CC(=O)C(=C=O)CCCCCCCCCC. The van der Waals surface area contributed by atoms with Crippen molar-refractivity contribution in [2.75, 3.05) is 0 Å². The van der Waals surface area contributed by atoms with Gasteiger partial charge >= 0.3 is 0 Å². The number of rotatable bonds is 11. The third kappa shape index (κ3) is 8.65. The second-order valence-corrected chi connectivity index (χ2v) is 4.37. The summed E-state index contributed by atoms with van der Waals surface area (Å²) in [7, 11) is 0. The lowest BCUT2D eigenvalue weighted by molar-refractivity contribution is -0.111. The van der Waals surface area contributed by atoms with Gasteiger partial charge in [-0.05, 0) is 18.9 Å². The first-order chi connectivity index (χ1) is 8.26. The zero-order valence-corrected chi connectivity index (χ0v) is 11.0. The Morgan fingerprint density at radius 1 is 1.06 bits per heavy atom. The topological polar surface area (TPSA) is 34.1 Å². The van der Waals surface area contributed by atoms with Crippen molar-refractivity contribution >= 4 is 11.7 Å². The van der Waals surface area contributed by atoms with Crippen LogP contribution in [0.2, 0.25) is 0 Å². The average Bonchev–Trinajstić information content (AvgIpc) is 2.36. The van der Waals surface area contributed by atoms with Crippen LogP contribution in [0.5, 0.6) is 0 Å². The summed E-state index contributed by atoms with van der Waals surface area (Å²) in [6.45, 7) is 5.58. The van der Waals surface area contributed by atoms with Crippen molar-refractivity contribution in [1.29, 1.82) is 0 Å². The number of carbonyl (C=O) groups is 1. The monoisotopic (exact) mass is 236 g/mol. The first kappa shape index (κ1) is 15.9. The molecule has 2 heteroatoms. The number of unbranched alkanes of at least 4 members (excludes halogenated alkanes) is 7. The summed E-state index contributed by atoms with van der Waals surface area (Å²) < 4.78 is 0. The Morgan fingerprint density at radius 2 is 1.59 bits per heavy atom. The van der Waals surface area contributed by atoms with Crippen LogP contribution in [0.1, 0.15) is 64.7 Å². The van der Waals surface area contributed by atoms with Gasteiger partial charge in [-0.2, -0.15) is 0 Å². The lowest BCUT2D eigenvalue weighted by atomic mass is 10.0. The molecule has 0 heterocycles. The third-order valence-corrected chi connectivity index (χ3v) is 2.89. The predicted octanol–water partition coefficient (Wildman–Crippen LogP) is 4.03. The molecule has 0 rings (SSSR count). The Balaban J connectivity index is 3.47. The van der Waals surface area contributed by atoms with E-state index in [0.29, 0.717) is 6.42 Å². The van der Waals surface area contributed by atoms with E-state index in [9.17, 15) is 9.59 Å². The molecule has 0 amide bonds. The van der Waals surface area contributed by atoms with Crippen molar-refractivity contribution < 1.29 is 9.59 Å². The van der Waals surface area contributed by atoms with E-state index in [1.807, 2.05) is 0 Å². The van der Waals surface area contributed by atoms with Gasteiger partial charge in [-0.1, -0.05) is 58.4 Å². The van der Waals surface area contributed by atoms with Crippen molar-refractivity contribution in [3.05, 3.63) is 18.2 Å².